The monoisotopic (exact) mass is 234 g/mol. The maximum Gasteiger partial charge on any atom is 0.0681 e. The summed E-state index contributed by atoms with van der Waals surface area (Å²) in [7, 11) is 1.81. The quantitative estimate of drug-likeness (QED) is 0.871. The van der Waals surface area contributed by atoms with E-state index in [1.165, 1.54) is 11.1 Å². The van der Waals surface area contributed by atoms with Crippen molar-refractivity contribution in [1.82, 2.24) is 0 Å². The van der Waals surface area contributed by atoms with Crippen LogP contribution in [-0.4, -0.2) is 18.3 Å². The average Bonchev–Trinajstić information content (AvgIpc) is 2.36. The van der Waals surface area contributed by atoms with E-state index in [0.717, 1.165) is 18.4 Å². The molecule has 1 aliphatic carbocycles. The number of rotatable bonds is 3. The first-order chi connectivity index (χ1) is 8.17. The third kappa shape index (κ3) is 2.38. The van der Waals surface area contributed by atoms with E-state index in [1.807, 2.05) is 6.07 Å². The van der Waals surface area contributed by atoms with E-state index in [1.54, 1.807) is 7.11 Å². The molecule has 1 aromatic carbocycles. The number of fused-ring (bicyclic) bond motifs is 1. The van der Waals surface area contributed by atoms with E-state index >= 15 is 0 Å². The number of hydrogen-bond donors (Lipinski definition) is 1. The largest absolute Gasteiger partial charge is 0.392 e. The number of methoxy groups -OCH3 is 1. The van der Waals surface area contributed by atoms with Crippen LogP contribution >= 0.6 is 0 Å². The second kappa shape index (κ2) is 5.19. The van der Waals surface area contributed by atoms with Crippen molar-refractivity contribution < 1.29 is 9.84 Å². The summed E-state index contributed by atoms with van der Waals surface area (Å²) >= 11 is 0. The predicted octanol–water partition coefficient (Wildman–Crippen LogP) is 2.88. The van der Waals surface area contributed by atoms with Crippen LogP contribution in [0.5, 0.6) is 0 Å². The molecular formula is C15H22O2. The minimum atomic E-state index is 0.121. The van der Waals surface area contributed by atoms with Crippen LogP contribution in [0.25, 0.3) is 0 Å². The van der Waals surface area contributed by atoms with Gasteiger partial charge in [-0.25, -0.2) is 0 Å². The molecule has 0 saturated heterocycles. The Morgan fingerprint density at radius 1 is 1.41 bits per heavy atom. The number of aryl methyl sites for hydroxylation is 1. The maximum atomic E-state index is 9.26. The molecule has 0 saturated carbocycles. The summed E-state index contributed by atoms with van der Waals surface area (Å²) in [5.41, 5.74) is 3.81. The molecule has 2 rings (SSSR count). The molecule has 17 heavy (non-hydrogen) atoms. The van der Waals surface area contributed by atoms with Crippen molar-refractivity contribution in [3.8, 4) is 0 Å². The highest BCUT2D eigenvalue weighted by molar-refractivity contribution is 5.37. The van der Waals surface area contributed by atoms with Gasteiger partial charge in [0, 0.05) is 13.0 Å². The molecule has 0 aliphatic heterocycles. The number of hydrogen-bond acceptors (Lipinski definition) is 2. The van der Waals surface area contributed by atoms with Crippen LogP contribution in [0.15, 0.2) is 18.2 Å². The summed E-state index contributed by atoms with van der Waals surface area (Å²) in [4.78, 5) is 0. The maximum absolute atomic E-state index is 9.26. The zero-order chi connectivity index (χ0) is 12.4. The molecule has 94 valence electrons. The van der Waals surface area contributed by atoms with E-state index in [-0.39, 0.29) is 6.61 Å². The van der Waals surface area contributed by atoms with Gasteiger partial charge >= 0.3 is 0 Å². The molecule has 0 bridgehead atoms. The molecular weight excluding hydrogens is 212 g/mol. The van der Waals surface area contributed by atoms with Crippen LogP contribution in [0.2, 0.25) is 0 Å². The van der Waals surface area contributed by atoms with E-state index < -0.39 is 0 Å². The Labute approximate surface area is 104 Å². The van der Waals surface area contributed by atoms with Crippen LogP contribution in [0.4, 0.5) is 0 Å². The van der Waals surface area contributed by atoms with Gasteiger partial charge < -0.3 is 9.84 Å². The van der Waals surface area contributed by atoms with Gasteiger partial charge in [0.1, 0.15) is 0 Å². The van der Waals surface area contributed by atoms with Crippen molar-refractivity contribution in [2.75, 3.05) is 7.11 Å². The first-order valence-corrected chi connectivity index (χ1v) is 6.42. The van der Waals surface area contributed by atoms with Gasteiger partial charge in [-0.1, -0.05) is 32.0 Å². The standard InChI is InChI=1S/C15H22O2/c1-10(2)15-13-8-11(9-16)4-5-12(13)6-7-14(15)17-3/h4-5,8,10,14-16H,6-7,9H2,1-3H3/t14-,15+/m0/s1. The first-order valence-electron chi connectivity index (χ1n) is 6.42. The van der Waals surface area contributed by atoms with Crippen LogP contribution in [0.3, 0.4) is 0 Å². The van der Waals surface area contributed by atoms with Crippen molar-refractivity contribution in [2.24, 2.45) is 5.92 Å². The Morgan fingerprint density at radius 2 is 2.18 bits per heavy atom. The lowest BCUT2D eigenvalue weighted by Crippen LogP contribution is -2.30. The Morgan fingerprint density at radius 3 is 2.76 bits per heavy atom. The number of aliphatic hydroxyl groups is 1. The van der Waals surface area contributed by atoms with Gasteiger partial charge in [0.2, 0.25) is 0 Å². The highest BCUT2D eigenvalue weighted by Gasteiger charge is 2.31. The molecule has 0 heterocycles. The van der Waals surface area contributed by atoms with Gasteiger partial charge in [-0.2, -0.15) is 0 Å². The highest BCUT2D eigenvalue weighted by atomic mass is 16.5. The minimum Gasteiger partial charge on any atom is -0.392 e. The van der Waals surface area contributed by atoms with E-state index in [0.29, 0.717) is 17.9 Å². The fourth-order valence-electron chi connectivity index (χ4n) is 3.01. The zero-order valence-corrected chi connectivity index (χ0v) is 10.9. The fraction of sp³-hybridized carbons (Fsp3) is 0.600. The summed E-state index contributed by atoms with van der Waals surface area (Å²) in [6.07, 6.45) is 2.50. The van der Waals surface area contributed by atoms with Gasteiger partial charge in [-0.3, -0.25) is 0 Å². The summed E-state index contributed by atoms with van der Waals surface area (Å²) in [5, 5.41) is 9.26. The van der Waals surface area contributed by atoms with Crippen molar-refractivity contribution in [2.45, 2.75) is 45.3 Å². The van der Waals surface area contributed by atoms with Gasteiger partial charge in [0.15, 0.2) is 0 Å². The van der Waals surface area contributed by atoms with Gasteiger partial charge in [0.05, 0.1) is 12.7 Å². The molecule has 0 spiro atoms. The van der Waals surface area contributed by atoms with Crippen LogP contribution in [0.1, 0.15) is 42.9 Å². The molecule has 0 radical (unpaired) electrons. The van der Waals surface area contributed by atoms with Crippen molar-refractivity contribution >= 4 is 0 Å². The molecule has 0 aromatic heterocycles. The van der Waals surface area contributed by atoms with E-state index in [4.69, 9.17) is 4.74 Å². The first kappa shape index (κ1) is 12.6. The third-order valence-electron chi connectivity index (χ3n) is 3.87. The Bertz CT molecular complexity index is 385. The Balaban J connectivity index is 2.42. The fourth-order valence-corrected chi connectivity index (χ4v) is 3.01. The molecule has 2 heteroatoms. The summed E-state index contributed by atoms with van der Waals surface area (Å²) in [5.74, 6) is 1.02. The lowest BCUT2D eigenvalue weighted by Gasteiger charge is -2.35. The molecule has 0 fully saturated rings. The average molecular weight is 234 g/mol. The van der Waals surface area contributed by atoms with Crippen molar-refractivity contribution in [3.63, 3.8) is 0 Å². The molecule has 2 atom stereocenters. The third-order valence-corrected chi connectivity index (χ3v) is 3.87. The summed E-state index contributed by atoms with van der Waals surface area (Å²) < 4.78 is 5.63. The van der Waals surface area contributed by atoms with E-state index in [2.05, 4.69) is 26.0 Å². The number of ether oxygens (including phenoxy) is 1. The second-order valence-electron chi connectivity index (χ2n) is 5.27. The smallest absolute Gasteiger partial charge is 0.0681 e. The number of aliphatic hydroxyl groups excluding tert-OH is 1. The Kier molecular flexibility index (Phi) is 3.85. The van der Waals surface area contributed by atoms with Gasteiger partial charge in [-0.15, -0.1) is 0 Å². The normalized spacial score (nSPS) is 23.8. The van der Waals surface area contributed by atoms with Gasteiger partial charge in [0.25, 0.3) is 0 Å². The van der Waals surface area contributed by atoms with Crippen LogP contribution in [-0.2, 0) is 17.8 Å². The molecule has 0 unspecified atom stereocenters. The molecule has 1 aliphatic rings. The second-order valence-corrected chi connectivity index (χ2v) is 5.27. The SMILES string of the molecule is CO[C@H]1CCc2ccc(CO)cc2[C@H]1C(C)C. The topological polar surface area (TPSA) is 29.5 Å². The Hall–Kier alpha value is -0.860. The van der Waals surface area contributed by atoms with E-state index in [9.17, 15) is 5.11 Å². The molecule has 1 N–H and O–H groups in total. The predicted molar refractivity (Wildman–Crippen MR) is 69.1 cm³/mol. The molecule has 2 nitrogen and oxygen atoms in total. The zero-order valence-electron chi connectivity index (χ0n) is 10.9. The van der Waals surface area contributed by atoms with Crippen LogP contribution in [0, 0.1) is 5.92 Å². The van der Waals surface area contributed by atoms with Gasteiger partial charge in [-0.05, 0) is 35.4 Å². The minimum absolute atomic E-state index is 0.121. The summed E-state index contributed by atoms with van der Waals surface area (Å²) in [6.45, 7) is 4.62. The lowest BCUT2D eigenvalue weighted by atomic mass is 9.74. The lowest BCUT2D eigenvalue weighted by molar-refractivity contribution is 0.0520. The van der Waals surface area contributed by atoms with Crippen LogP contribution < -0.4 is 0 Å². The molecule has 0 amide bonds. The number of benzene rings is 1. The summed E-state index contributed by atoms with van der Waals surface area (Å²) in [6, 6.07) is 6.36. The van der Waals surface area contributed by atoms with Crippen molar-refractivity contribution in [3.05, 3.63) is 34.9 Å². The highest BCUT2D eigenvalue weighted by Crippen LogP contribution is 2.38. The molecule has 1 aromatic rings. The van der Waals surface area contributed by atoms with Crippen molar-refractivity contribution in [1.29, 1.82) is 0 Å².